The molecule has 0 aromatic carbocycles. The largest absolute Gasteiger partial charge is 0.657 e. The average molecular weight is 703 g/mol. The molecule has 0 fully saturated rings. The molecule has 0 amide bonds. The summed E-state index contributed by atoms with van der Waals surface area (Å²) in [6.07, 6.45) is 5.93. The van der Waals surface area contributed by atoms with Crippen LogP contribution in [0.2, 0.25) is 0 Å². The molecule has 2 unspecified atom stereocenters. The Hall–Kier alpha value is -3.88. The third-order valence-electron chi connectivity index (χ3n) is 8.49. The predicted molar refractivity (Wildman–Crippen MR) is 164 cm³/mol. The molecule has 5 heterocycles. The van der Waals surface area contributed by atoms with Gasteiger partial charge in [0.05, 0.1) is 12.2 Å². The molecular weight excluding hydrogens is 667 g/mol. The molecule has 8 bridgehead atoms. The number of hydrogen-bond donors (Lipinski definition) is 4. The van der Waals surface area contributed by atoms with E-state index < -0.39 is 24.1 Å². The summed E-state index contributed by atoms with van der Waals surface area (Å²) < 4.78 is 0. The summed E-state index contributed by atoms with van der Waals surface area (Å²) in [5.74, 6) is -1.86. The molecule has 4 aromatic rings. The van der Waals surface area contributed by atoms with Gasteiger partial charge >= 0.3 is 11.9 Å². The van der Waals surface area contributed by atoms with Crippen LogP contribution >= 0.6 is 0 Å². The number of fused-ring (bicyclic) bond motifs is 8. The molecule has 2 atom stereocenters. The second-order valence-electron chi connectivity index (χ2n) is 11.5. The maximum Gasteiger partial charge on any atom is 0.303 e. The van der Waals surface area contributed by atoms with Gasteiger partial charge in [-0.1, -0.05) is 57.7 Å². The Balaban J connectivity index is 0.00000461. The molecule has 5 rings (SSSR count). The predicted octanol–water partition coefficient (Wildman–Crippen LogP) is 0.516. The van der Waals surface area contributed by atoms with Crippen molar-refractivity contribution in [1.29, 1.82) is 0 Å². The zero-order valence-electron chi connectivity index (χ0n) is 26.0. The number of hydrogen-bond acceptors (Lipinski definition) is 4. The number of aliphatic hydroxyl groups excluding tert-OH is 2. The van der Waals surface area contributed by atoms with Gasteiger partial charge < -0.3 is 40.4 Å². The van der Waals surface area contributed by atoms with Crippen LogP contribution in [0, 0.1) is 27.7 Å². The molecule has 1 aliphatic heterocycles. The monoisotopic (exact) mass is 702 g/mol. The summed E-state index contributed by atoms with van der Waals surface area (Å²) in [6.45, 7) is 10.9. The Bertz CT molecular complexity index is 2040. The van der Waals surface area contributed by atoms with Gasteiger partial charge in [-0.2, -0.15) is 0 Å². The minimum atomic E-state index is -0.931. The molecule has 4 N–H and O–H groups in total. The van der Waals surface area contributed by atoms with Crippen molar-refractivity contribution in [2.24, 2.45) is 0 Å². The normalized spacial score (nSPS) is 16.5. The zero-order chi connectivity index (χ0) is 32.0. The molecule has 1 aliphatic rings. The van der Waals surface area contributed by atoms with Crippen molar-refractivity contribution in [3.05, 3.63) is 88.7 Å². The van der Waals surface area contributed by atoms with Gasteiger partial charge in [-0.25, -0.2) is 0 Å². The molecular formula is C34H36N4O6Pd-4. The van der Waals surface area contributed by atoms with E-state index >= 15 is 0 Å². The topological polar surface area (TPSA) is 171 Å². The summed E-state index contributed by atoms with van der Waals surface area (Å²) in [7, 11) is 0. The molecule has 0 aliphatic carbocycles. The van der Waals surface area contributed by atoms with E-state index in [1.54, 1.807) is 26.0 Å². The van der Waals surface area contributed by atoms with Gasteiger partial charge in [-0.15, -0.1) is 44.2 Å². The van der Waals surface area contributed by atoms with Gasteiger partial charge in [0, 0.05) is 33.3 Å². The second-order valence-corrected chi connectivity index (χ2v) is 11.5. The van der Waals surface area contributed by atoms with Crippen molar-refractivity contribution >= 4 is 36.2 Å². The fraction of sp³-hybridized carbons (Fsp3) is 0.353. The second kappa shape index (κ2) is 13.2. The van der Waals surface area contributed by atoms with Crippen LogP contribution in [0.1, 0.15) is 106 Å². The molecule has 0 spiro atoms. The Kier molecular flexibility index (Phi) is 10.00. The number of aliphatic hydroxyl groups is 2. The van der Waals surface area contributed by atoms with E-state index in [1.807, 2.05) is 39.8 Å². The van der Waals surface area contributed by atoms with E-state index in [4.69, 9.17) is 19.9 Å². The number of carboxylic acid groups (broad SMARTS) is 2. The van der Waals surface area contributed by atoms with Crippen LogP contribution in [0.5, 0.6) is 0 Å². The number of carboxylic acids is 2. The first-order chi connectivity index (χ1) is 20.8. The van der Waals surface area contributed by atoms with Crippen molar-refractivity contribution in [2.45, 2.75) is 79.4 Å². The van der Waals surface area contributed by atoms with Gasteiger partial charge in [0.1, 0.15) is 0 Å². The van der Waals surface area contributed by atoms with Gasteiger partial charge in [0.15, 0.2) is 0 Å². The first-order valence-corrected chi connectivity index (χ1v) is 14.6. The minimum absolute atomic E-state index is 0. The van der Waals surface area contributed by atoms with Crippen LogP contribution in [0.4, 0.5) is 0 Å². The van der Waals surface area contributed by atoms with Gasteiger partial charge in [-0.05, 0) is 65.5 Å². The third-order valence-corrected chi connectivity index (χ3v) is 8.49. The summed E-state index contributed by atoms with van der Waals surface area (Å²) in [6, 6.07) is 0. The fourth-order valence-electron chi connectivity index (χ4n) is 6.15. The standard InChI is InChI=1S/C34H36N4O6.Pd/c1-15-21(7-9-31(41)42)27-14-28-22(8-10-32(43)44)16(2)24(36-28)12-29-34(20(6)40)18(4)26(38-29)13-30-33(19(5)39)17(3)25(37-30)11-23(15)35-27;/h11-14,19-20,39-40H,7-10H2,1-6H3,(H,41,42)(H,43,44);/q-4;/b23-11?,24-12-,25-11-,26-13?,27-14?,28-14-,29-12?,30-13-;. The van der Waals surface area contributed by atoms with Crippen molar-refractivity contribution in [1.82, 2.24) is 19.9 Å². The van der Waals surface area contributed by atoms with Crippen LogP contribution in [0.15, 0.2) is 0 Å². The Morgan fingerprint density at radius 2 is 1.04 bits per heavy atom. The van der Waals surface area contributed by atoms with E-state index in [1.165, 1.54) is 0 Å². The number of rotatable bonds is 8. The van der Waals surface area contributed by atoms with E-state index in [0.717, 1.165) is 33.4 Å². The summed E-state index contributed by atoms with van der Waals surface area (Å²) >= 11 is 0. The molecule has 4 aromatic heterocycles. The first-order valence-electron chi connectivity index (χ1n) is 14.6. The van der Waals surface area contributed by atoms with E-state index in [9.17, 15) is 30.0 Å². The minimum Gasteiger partial charge on any atom is -0.657 e. The summed E-state index contributed by atoms with van der Waals surface area (Å²) in [5.41, 5.74) is 8.32. The van der Waals surface area contributed by atoms with E-state index in [-0.39, 0.29) is 46.1 Å². The number of aliphatic carboxylic acids is 2. The van der Waals surface area contributed by atoms with Crippen molar-refractivity contribution in [2.75, 3.05) is 0 Å². The molecule has 0 saturated heterocycles. The fourth-order valence-corrected chi connectivity index (χ4v) is 6.15. The third kappa shape index (κ3) is 6.58. The Morgan fingerprint density at radius 1 is 0.578 bits per heavy atom. The Morgan fingerprint density at radius 3 is 1.64 bits per heavy atom. The molecule has 45 heavy (non-hydrogen) atoms. The van der Waals surface area contributed by atoms with Crippen LogP contribution in [0.25, 0.3) is 24.3 Å². The van der Waals surface area contributed by atoms with Gasteiger partial charge in [0.2, 0.25) is 0 Å². The number of aromatic nitrogens is 4. The van der Waals surface area contributed by atoms with Crippen LogP contribution in [0.3, 0.4) is 0 Å². The summed E-state index contributed by atoms with van der Waals surface area (Å²) in [5, 5.41) is 42.7. The van der Waals surface area contributed by atoms with Crippen LogP contribution < -0.4 is 41.3 Å². The quantitative estimate of drug-likeness (QED) is 0.167. The first kappa shape index (κ1) is 34.0. The van der Waals surface area contributed by atoms with Gasteiger partial charge in [-0.3, -0.25) is 9.59 Å². The average Bonchev–Trinajstić information content (AvgIpc) is 3.59. The van der Waals surface area contributed by atoms with Gasteiger partial charge in [0.25, 0.3) is 0 Å². The van der Waals surface area contributed by atoms with E-state index in [2.05, 4.69) is 0 Å². The zero-order valence-corrected chi connectivity index (χ0v) is 27.6. The van der Waals surface area contributed by atoms with E-state index in [0.29, 0.717) is 55.3 Å². The molecule has 0 saturated carbocycles. The van der Waals surface area contributed by atoms with Crippen LogP contribution in [-0.2, 0) is 42.9 Å². The number of carbonyl (C=O) groups is 2. The maximum atomic E-state index is 11.5. The smallest absolute Gasteiger partial charge is 0.303 e. The van der Waals surface area contributed by atoms with Crippen molar-refractivity contribution in [3.63, 3.8) is 0 Å². The number of nitrogens with zero attached hydrogens (tertiary/aromatic N) is 4. The van der Waals surface area contributed by atoms with Crippen molar-refractivity contribution in [3.8, 4) is 0 Å². The molecule has 10 nitrogen and oxygen atoms in total. The molecule has 242 valence electrons. The maximum absolute atomic E-state index is 11.5. The Labute approximate surface area is 274 Å². The van der Waals surface area contributed by atoms with Crippen LogP contribution in [-0.4, -0.2) is 32.4 Å². The molecule has 0 radical (unpaired) electrons. The van der Waals surface area contributed by atoms with Crippen molar-refractivity contribution < 1.29 is 50.4 Å². The summed E-state index contributed by atoms with van der Waals surface area (Å²) in [4.78, 5) is 42.6. The SMILES string of the molecule is Cc1c2[n-]c(c1CCC(=O)O)/C=c1\[n-]/c(c(C)c1CCC(=O)O)=C\c1[n-]c(c(C)c1C(C)O)/C=c1\[n-]/c(c(C)c1C(C)O)=C\2.[Pd]. The molecule has 11 heteroatoms.